The molecular formula is C19H24FN3O2. The number of likely N-dealkylation sites (tertiary alicyclic amines) is 1. The second-order valence-corrected chi connectivity index (χ2v) is 6.57. The molecule has 0 unspecified atom stereocenters. The first-order valence-corrected chi connectivity index (χ1v) is 8.83. The van der Waals surface area contributed by atoms with Crippen molar-refractivity contribution in [2.75, 3.05) is 6.54 Å². The lowest BCUT2D eigenvalue weighted by Gasteiger charge is -2.24. The van der Waals surface area contributed by atoms with Crippen molar-refractivity contribution in [1.29, 1.82) is 0 Å². The van der Waals surface area contributed by atoms with Gasteiger partial charge in [0.15, 0.2) is 0 Å². The topological polar surface area (TPSA) is 58.4 Å². The van der Waals surface area contributed by atoms with Crippen molar-refractivity contribution in [2.24, 2.45) is 0 Å². The van der Waals surface area contributed by atoms with Crippen LogP contribution in [0.5, 0.6) is 0 Å². The van der Waals surface area contributed by atoms with Crippen LogP contribution in [-0.4, -0.2) is 38.3 Å². The Balaban J connectivity index is 1.83. The number of hydrogen-bond acceptors (Lipinski definition) is 3. The molecule has 0 spiro atoms. The van der Waals surface area contributed by atoms with E-state index in [1.54, 1.807) is 23.1 Å². The van der Waals surface area contributed by atoms with Crippen LogP contribution in [0.1, 0.15) is 61.2 Å². The SMILES string of the molecule is CCC(CC)n1ccc(C(=O)N2C[C@@H](O)C[C@H]2c2ccc(F)cc2)n1. The van der Waals surface area contributed by atoms with Gasteiger partial charge in [-0.25, -0.2) is 4.39 Å². The molecule has 25 heavy (non-hydrogen) atoms. The van der Waals surface area contributed by atoms with Gasteiger partial charge in [-0.2, -0.15) is 5.10 Å². The lowest BCUT2D eigenvalue weighted by atomic mass is 10.0. The fraction of sp³-hybridized carbons (Fsp3) is 0.474. The number of hydrogen-bond donors (Lipinski definition) is 1. The molecule has 3 rings (SSSR count). The van der Waals surface area contributed by atoms with Gasteiger partial charge in [0.25, 0.3) is 5.91 Å². The maximum Gasteiger partial charge on any atom is 0.274 e. The van der Waals surface area contributed by atoms with E-state index < -0.39 is 6.10 Å². The van der Waals surface area contributed by atoms with Gasteiger partial charge in [0, 0.05) is 12.7 Å². The number of aliphatic hydroxyl groups excluding tert-OH is 1. The highest BCUT2D eigenvalue weighted by Gasteiger charge is 2.36. The Bertz CT molecular complexity index is 725. The molecule has 1 amide bonds. The zero-order valence-corrected chi connectivity index (χ0v) is 14.6. The van der Waals surface area contributed by atoms with E-state index in [9.17, 15) is 14.3 Å². The van der Waals surface area contributed by atoms with Crippen LogP contribution in [0.3, 0.4) is 0 Å². The third kappa shape index (κ3) is 3.58. The molecule has 1 N–H and O–H groups in total. The summed E-state index contributed by atoms with van der Waals surface area (Å²) in [5, 5.41) is 14.5. The number of β-amino-alcohol motifs (C(OH)–C–C–N with tert-alkyl or cyclic N) is 1. The minimum absolute atomic E-state index is 0.199. The zero-order valence-electron chi connectivity index (χ0n) is 14.6. The Labute approximate surface area is 147 Å². The minimum atomic E-state index is -0.583. The van der Waals surface area contributed by atoms with E-state index in [4.69, 9.17) is 0 Å². The molecule has 0 saturated carbocycles. The van der Waals surface area contributed by atoms with E-state index in [0.717, 1.165) is 18.4 Å². The monoisotopic (exact) mass is 345 g/mol. The summed E-state index contributed by atoms with van der Waals surface area (Å²) in [6, 6.07) is 7.84. The standard InChI is InChI=1S/C19H24FN3O2/c1-3-15(4-2)23-10-9-17(21-23)19(25)22-12-16(24)11-18(22)13-5-7-14(20)8-6-13/h5-10,15-16,18,24H,3-4,11-12H2,1-2H3/t16-,18-/m0/s1. The second-order valence-electron chi connectivity index (χ2n) is 6.57. The molecule has 6 heteroatoms. The van der Waals surface area contributed by atoms with E-state index in [1.165, 1.54) is 12.1 Å². The van der Waals surface area contributed by atoms with Gasteiger partial charge in [-0.05, 0) is 43.0 Å². The van der Waals surface area contributed by atoms with E-state index in [2.05, 4.69) is 18.9 Å². The number of amides is 1. The van der Waals surface area contributed by atoms with Crippen LogP contribution in [0, 0.1) is 5.82 Å². The highest BCUT2D eigenvalue weighted by Crippen LogP contribution is 2.33. The second kappa shape index (κ2) is 7.35. The summed E-state index contributed by atoms with van der Waals surface area (Å²) in [6.45, 7) is 4.45. The number of nitrogens with zero attached hydrogens (tertiary/aromatic N) is 3. The number of benzene rings is 1. The van der Waals surface area contributed by atoms with E-state index in [0.29, 0.717) is 12.1 Å². The summed E-state index contributed by atoms with van der Waals surface area (Å²) in [5.41, 5.74) is 1.21. The molecule has 5 nitrogen and oxygen atoms in total. The van der Waals surface area contributed by atoms with Gasteiger partial charge < -0.3 is 10.0 Å². The fourth-order valence-electron chi connectivity index (χ4n) is 3.50. The number of halogens is 1. The molecule has 1 aromatic heterocycles. The van der Waals surface area contributed by atoms with Crippen LogP contribution in [0.2, 0.25) is 0 Å². The molecule has 2 heterocycles. The Hall–Kier alpha value is -2.21. The lowest BCUT2D eigenvalue weighted by Crippen LogP contribution is -2.32. The van der Waals surface area contributed by atoms with Crippen molar-refractivity contribution in [3.63, 3.8) is 0 Å². The van der Waals surface area contributed by atoms with Crippen LogP contribution in [0.15, 0.2) is 36.5 Å². The van der Waals surface area contributed by atoms with Gasteiger partial charge in [0.1, 0.15) is 11.5 Å². The molecular weight excluding hydrogens is 321 g/mol. The average Bonchev–Trinajstić information content (AvgIpc) is 3.23. The van der Waals surface area contributed by atoms with Gasteiger partial charge in [0.2, 0.25) is 0 Å². The summed E-state index contributed by atoms with van der Waals surface area (Å²) in [5.74, 6) is -0.514. The third-order valence-corrected chi connectivity index (χ3v) is 4.94. The Morgan fingerprint density at radius 1 is 1.28 bits per heavy atom. The fourth-order valence-corrected chi connectivity index (χ4v) is 3.50. The largest absolute Gasteiger partial charge is 0.391 e. The number of rotatable bonds is 5. The Kier molecular flexibility index (Phi) is 5.18. The summed E-state index contributed by atoms with van der Waals surface area (Å²) in [7, 11) is 0. The molecule has 1 aliphatic rings. The number of aromatic nitrogens is 2. The molecule has 1 saturated heterocycles. The van der Waals surface area contributed by atoms with Crippen molar-refractivity contribution >= 4 is 5.91 Å². The van der Waals surface area contributed by atoms with E-state index in [-0.39, 0.29) is 30.4 Å². The first-order valence-electron chi connectivity index (χ1n) is 8.83. The summed E-state index contributed by atoms with van der Waals surface area (Å²) in [4.78, 5) is 14.6. The number of carbonyl (C=O) groups excluding carboxylic acids is 1. The highest BCUT2D eigenvalue weighted by molar-refractivity contribution is 5.92. The molecule has 1 aromatic carbocycles. The van der Waals surface area contributed by atoms with Gasteiger partial charge >= 0.3 is 0 Å². The molecule has 0 bridgehead atoms. The highest BCUT2D eigenvalue weighted by atomic mass is 19.1. The zero-order chi connectivity index (χ0) is 18.0. The smallest absolute Gasteiger partial charge is 0.274 e. The molecule has 0 aliphatic carbocycles. The van der Waals surface area contributed by atoms with Gasteiger partial charge in [-0.3, -0.25) is 9.48 Å². The predicted octanol–water partition coefficient (Wildman–Crippen LogP) is 3.33. The molecule has 0 radical (unpaired) electrons. The normalized spacial score (nSPS) is 20.4. The average molecular weight is 345 g/mol. The van der Waals surface area contributed by atoms with Crippen LogP contribution < -0.4 is 0 Å². The van der Waals surface area contributed by atoms with E-state index >= 15 is 0 Å². The Morgan fingerprint density at radius 3 is 2.60 bits per heavy atom. The Morgan fingerprint density at radius 2 is 1.96 bits per heavy atom. The summed E-state index contributed by atoms with van der Waals surface area (Å²) in [6.07, 6.45) is 3.61. The molecule has 2 atom stereocenters. The molecule has 1 fully saturated rings. The first-order chi connectivity index (χ1) is 12.0. The maximum atomic E-state index is 13.2. The van der Waals surface area contributed by atoms with Crippen molar-refractivity contribution in [1.82, 2.24) is 14.7 Å². The minimum Gasteiger partial charge on any atom is -0.391 e. The van der Waals surface area contributed by atoms with Crippen molar-refractivity contribution in [3.8, 4) is 0 Å². The maximum absolute atomic E-state index is 13.2. The number of carbonyl (C=O) groups is 1. The van der Waals surface area contributed by atoms with Crippen LogP contribution >= 0.6 is 0 Å². The van der Waals surface area contributed by atoms with Crippen LogP contribution in [-0.2, 0) is 0 Å². The van der Waals surface area contributed by atoms with Crippen LogP contribution in [0.4, 0.5) is 4.39 Å². The van der Waals surface area contributed by atoms with E-state index in [1.807, 2.05) is 10.9 Å². The van der Waals surface area contributed by atoms with Crippen molar-refractivity contribution < 1.29 is 14.3 Å². The summed E-state index contributed by atoms with van der Waals surface area (Å²) >= 11 is 0. The number of aliphatic hydroxyl groups is 1. The van der Waals surface area contributed by atoms with Gasteiger partial charge in [-0.1, -0.05) is 26.0 Å². The first kappa shape index (κ1) is 17.6. The summed E-state index contributed by atoms with van der Waals surface area (Å²) < 4.78 is 15.0. The predicted molar refractivity (Wildman–Crippen MR) is 92.6 cm³/mol. The van der Waals surface area contributed by atoms with Gasteiger partial charge in [-0.15, -0.1) is 0 Å². The van der Waals surface area contributed by atoms with Gasteiger partial charge in [0.05, 0.1) is 18.2 Å². The molecule has 134 valence electrons. The van der Waals surface area contributed by atoms with Crippen LogP contribution in [0.25, 0.3) is 0 Å². The lowest BCUT2D eigenvalue weighted by molar-refractivity contribution is 0.0708. The molecule has 1 aliphatic heterocycles. The molecule has 2 aromatic rings. The van der Waals surface area contributed by atoms with Crippen molar-refractivity contribution in [3.05, 3.63) is 53.6 Å². The van der Waals surface area contributed by atoms with Crippen molar-refractivity contribution in [2.45, 2.75) is 51.3 Å². The third-order valence-electron chi connectivity index (χ3n) is 4.94. The quantitative estimate of drug-likeness (QED) is 0.904.